The zero-order chi connectivity index (χ0) is 9.82. The molecule has 0 spiro atoms. The molecule has 0 aliphatic rings. The van der Waals surface area contributed by atoms with Gasteiger partial charge in [-0.25, -0.2) is 0 Å². The molecule has 0 radical (unpaired) electrons. The number of rotatable bonds is 5. The molecule has 3 nitrogen and oxygen atoms in total. The monoisotopic (exact) mass is 175 g/mol. The zero-order valence-electron chi connectivity index (χ0n) is 8.64. The molecular weight excluding hydrogens is 154 g/mol. The first kappa shape index (κ1) is 14.0. The molecule has 74 valence electrons. The fourth-order valence-electron chi connectivity index (χ4n) is 0.643. The molecule has 0 heterocycles. The van der Waals surface area contributed by atoms with Crippen LogP contribution in [-0.4, -0.2) is 26.2 Å². The predicted molar refractivity (Wildman–Crippen MR) is 51.1 cm³/mol. The van der Waals surface area contributed by atoms with Gasteiger partial charge in [0.25, 0.3) is 0 Å². The summed E-state index contributed by atoms with van der Waals surface area (Å²) in [6, 6.07) is 0. The predicted octanol–water partition coefficient (Wildman–Crippen LogP) is 1.58. The van der Waals surface area contributed by atoms with Gasteiger partial charge in [-0.1, -0.05) is 13.8 Å². The third-order valence-corrected chi connectivity index (χ3v) is 1.11. The van der Waals surface area contributed by atoms with Gasteiger partial charge in [-0.2, -0.15) is 0 Å². The van der Waals surface area contributed by atoms with Crippen LogP contribution in [-0.2, 0) is 9.53 Å². The van der Waals surface area contributed by atoms with Gasteiger partial charge in [-0.3, -0.25) is 4.79 Å². The lowest BCUT2D eigenvalue weighted by Crippen LogP contribution is -2.11. The standard InChI is InChI=1S/C7H15NO2.C2H6/c1-3-10-7(9)5-4-6-8-2;1-2/h8H,3-6H2,1-2H3;1-2H3. The third kappa shape index (κ3) is 12.1. The molecule has 0 atom stereocenters. The van der Waals surface area contributed by atoms with Crippen LogP contribution in [0.2, 0.25) is 0 Å². The highest BCUT2D eigenvalue weighted by Crippen LogP contribution is 1.90. The van der Waals surface area contributed by atoms with Gasteiger partial charge in [-0.05, 0) is 26.9 Å². The number of hydrogen-bond acceptors (Lipinski definition) is 3. The normalized spacial score (nSPS) is 8.33. The largest absolute Gasteiger partial charge is 0.466 e. The van der Waals surface area contributed by atoms with Crippen LogP contribution in [0.25, 0.3) is 0 Å². The summed E-state index contributed by atoms with van der Waals surface area (Å²) in [5, 5.41) is 2.96. The summed E-state index contributed by atoms with van der Waals surface area (Å²) in [4.78, 5) is 10.7. The van der Waals surface area contributed by atoms with Crippen LogP contribution in [0, 0.1) is 0 Å². The molecule has 0 bridgehead atoms. The van der Waals surface area contributed by atoms with Gasteiger partial charge in [0.2, 0.25) is 0 Å². The maximum absolute atomic E-state index is 10.7. The topological polar surface area (TPSA) is 38.3 Å². The second-order valence-corrected chi connectivity index (χ2v) is 2.01. The first-order valence-corrected chi connectivity index (χ1v) is 4.61. The van der Waals surface area contributed by atoms with Crippen LogP contribution < -0.4 is 5.32 Å². The van der Waals surface area contributed by atoms with Gasteiger partial charge in [-0.15, -0.1) is 0 Å². The number of carbonyl (C=O) groups is 1. The summed E-state index contributed by atoms with van der Waals surface area (Å²) >= 11 is 0. The number of ether oxygens (including phenoxy) is 1. The highest BCUT2D eigenvalue weighted by atomic mass is 16.5. The van der Waals surface area contributed by atoms with Crippen molar-refractivity contribution in [3.63, 3.8) is 0 Å². The Balaban J connectivity index is 0. The van der Waals surface area contributed by atoms with E-state index in [4.69, 9.17) is 4.74 Å². The van der Waals surface area contributed by atoms with E-state index < -0.39 is 0 Å². The number of hydrogen-bond donors (Lipinski definition) is 1. The smallest absolute Gasteiger partial charge is 0.305 e. The van der Waals surface area contributed by atoms with Gasteiger partial charge in [0, 0.05) is 6.42 Å². The Hall–Kier alpha value is -0.570. The minimum absolute atomic E-state index is 0.0993. The van der Waals surface area contributed by atoms with Crippen molar-refractivity contribution in [1.82, 2.24) is 5.32 Å². The lowest BCUT2D eigenvalue weighted by atomic mass is 10.3. The van der Waals surface area contributed by atoms with Crippen molar-refractivity contribution >= 4 is 5.97 Å². The van der Waals surface area contributed by atoms with Gasteiger partial charge in [0.1, 0.15) is 0 Å². The van der Waals surface area contributed by atoms with Gasteiger partial charge in [0.05, 0.1) is 6.61 Å². The molecule has 0 aromatic rings. The minimum Gasteiger partial charge on any atom is -0.466 e. The van der Waals surface area contributed by atoms with E-state index in [2.05, 4.69) is 5.32 Å². The molecule has 0 saturated carbocycles. The second-order valence-electron chi connectivity index (χ2n) is 2.01. The molecule has 0 aromatic heterocycles. The van der Waals surface area contributed by atoms with Gasteiger partial charge < -0.3 is 10.1 Å². The Bertz CT molecular complexity index is 94.5. The fraction of sp³-hybridized carbons (Fsp3) is 0.889. The SMILES string of the molecule is CC.CCOC(=O)CCCNC. The van der Waals surface area contributed by atoms with E-state index in [9.17, 15) is 4.79 Å². The van der Waals surface area contributed by atoms with Crippen molar-refractivity contribution in [1.29, 1.82) is 0 Å². The molecule has 0 unspecified atom stereocenters. The summed E-state index contributed by atoms with van der Waals surface area (Å²) in [6.45, 7) is 7.17. The Labute approximate surface area is 75.5 Å². The molecule has 0 rings (SSSR count). The average molecular weight is 175 g/mol. The second kappa shape index (κ2) is 13.1. The van der Waals surface area contributed by atoms with E-state index in [1.807, 2.05) is 27.8 Å². The molecule has 3 heteroatoms. The van der Waals surface area contributed by atoms with Crippen LogP contribution in [0.3, 0.4) is 0 Å². The van der Waals surface area contributed by atoms with Crippen LogP contribution >= 0.6 is 0 Å². The highest BCUT2D eigenvalue weighted by Gasteiger charge is 1.98. The maximum atomic E-state index is 10.7. The van der Waals surface area contributed by atoms with Crippen molar-refractivity contribution in [2.24, 2.45) is 0 Å². The lowest BCUT2D eigenvalue weighted by Gasteiger charge is -1.99. The van der Waals surface area contributed by atoms with Crippen LogP contribution in [0.1, 0.15) is 33.6 Å². The Kier molecular flexibility index (Phi) is 15.2. The Morgan fingerprint density at radius 2 is 2.00 bits per heavy atom. The Morgan fingerprint density at radius 3 is 2.42 bits per heavy atom. The molecule has 0 aliphatic carbocycles. The molecule has 0 saturated heterocycles. The van der Waals surface area contributed by atoms with E-state index in [-0.39, 0.29) is 5.97 Å². The summed E-state index contributed by atoms with van der Waals surface area (Å²) in [5.41, 5.74) is 0. The fourth-order valence-corrected chi connectivity index (χ4v) is 0.643. The summed E-state index contributed by atoms with van der Waals surface area (Å²) in [6.07, 6.45) is 1.38. The lowest BCUT2D eigenvalue weighted by molar-refractivity contribution is -0.143. The van der Waals surface area contributed by atoms with Crippen molar-refractivity contribution in [2.75, 3.05) is 20.2 Å². The molecule has 0 aromatic carbocycles. The van der Waals surface area contributed by atoms with E-state index >= 15 is 0 Å². The molecule has 0 fully saturated rings. The Morgan fingerprint density at radius 1 is 1.42 bits per heavy atom. The quantitative estimate of drug-likeness (QED) is 0.509. The van der Waals surface area contributed by atoms with Crippen LogP contribution in [0.4, 0.5) is 0 Å². The van der Waals surface area contributed by atoms with Crippen molar-refractivity contribution in [3.8, 4) is 0 Å². The zero-order valence-corrected chi connectivity index (χ0v) is 8.64. The van der Waals surface area contributed by atoms with Gasteiger partial charge >= 0.3 is 5.97 Å². The van der Waals surface area contributed by atoms with E-state index in [0.717, 1.165) is 13.0 Å². The minimum atomic E-state index is -0.0993. The van der Waals surface area contributed by atoms with E-state index in [1.54, 1.807) is 0 Å². The average Bonchev–Trinajstić information content (AvgIpc) is 2.09. The van der Waals surface area contributed by atoms with E-state index in [1.165, 1.54) is 0 Å². The van der Waals surface area contributed by atoms with Crippen LogP contribution in [0.15, 0.2) is 0 Å². The van der Waals surface area contributed by atoms with E-state index in [0.29, 0.717) is 13.0 Å². The summed E-state index contributed by atoms with van der Waals surface area (Å²) < 4.78 is 4.72. The highest BCUT2D eigenvalue weighted by molar-refractivity contribution is 5.69. The first-order chi connectivity index (χ1) is 5.81. The van der Waals surface area contributed by atoms with Crippen LogP contribution in [0.5, 0.6) is 0 Å². The van der Waals surface area contributed by atoms with Crippen molar-refractivity contribution < 1.29 is 9.53 Å². The van der Waals surface area contributed by atoms with Crippen molar-refractivity contribution in [3.05, 3.63) is 0 Å². The van der Waals surface area contributed by atoms with Gasteiger partial charge in [0.15, 0.2) is 0 Å². The molecule has 1 N–H and O–H groups in total. The maximum Gasteiger partial charge on any atom is 0.305 e. The van der Waals surface area contributed by atoms with Crippen molar-refractivity contribution in [2.45, 2.75) is 33.6 Å². The molecule has 0 aliphatic heterocycles. The first-order valence-electron chi connectivity index (χ1n) is 4.61. The summed E-state index contributed by atoms with van der Waals surface area (Å²) in [7, 11) is 1.87. The molecule has 0 amide bonds. The summed E-state index contributed by atoms with van der Waals surface area (Å²) in [5.74, 6) is -0.0993. The number of nitrogens with one attached hydrogen (secondary N) is 1. The number of esters is 1. The number of carbonyl (C=O) groups excluding carboxylic acids is 1. The molecule has 12 heavy (non-hydrogen) atoms. The molecular formula is C9H21NO2. The third-order valence-electron chi connectivity index (χ3n) is 1.11.